The van der Waals surface area contributed by atoms with Crippen LogP contribution in [-0.4, -0.2) is 39.0 Å². The molecule has 0 heterocycles. The van der Waals surface area contributed by atoms with Crippen LogP contribution in [0.25, 0.3) is 0 Å². The molecular weight excluding hydrogens is 360 g/mol. The zero-order valence-corrected chi connectivity index (χ0v) is 21.2. The standard InChI is InChI=1S/C16H39ClO3Si3/c1-7-22(8-2,9-3)19-16(18-21,14-13-15-17)20-23(10-4,11-5)12-6/h7-15H2,1-6,21H3. The predicted octanol–water partition coefficient (Wildman–Crippen LogP) is 5.00. The van der Waals surface area contributed by atoms with Crippen LogP contribution in [0, 0.1) is 0 Å². The van der Waals surface area contributed by atoms with Crippen LogP contribution in [0.3, 0.4) is 0 Å². The maximum absolute atomic E-state index is 6.79. The molecule has 0 saturated heterocycles. The zero-order chi connectivity index (χ0) is 18.0. The monoisotopic (exact) mass is 398 g/mol. The van der Waals surface area contributed by atoms with Crippen molar-refractivity contribution in [3.8, 4) is 0 Å². The van der Waals surface area contributed by atoms with Gasteiger partial charge in [0.05, 0.1) is 0 Å². The summed E-state index contributed by atoms with van der Waals surface area (Å²) in [6.45, 7) is 13.5. The Morgan fingerprint density at radius 1 is 0.783 bits per heavy atom. The predicted molar refractivity (Wildman–Crippen MR) is 110 cm³/mol. The van der Waals surface area contributed by atoms with Gasteiger partial charge >= 0.3 is 0 Å². The summed E-state index contributed by atoms with van der Waals surface area (Å²) in [6, 6.07) is 6.64. The van der Waals surface area contributed by atoms with E-state index in [1.807, 2.05) is 0 Å². The lowest BCUT2D eigenvalue weighted by Gasteiger charge is -2.46. The van der Waals surface area contributed by atoms with E-state index in [9.17, 15) is 0 Å². The number of rotatable bonds is 14. The molecule has 0 aliphatic carbocycles. The third-order valence-corrected chi connectivity index (χ3v) is 15.6. The Bertz CT molecular complexity index is 272. The van der Waals surface area contributed by atoms with Gasteiger partial charge in [0.25, 0.3) is 5.97 Å². The third kappa shape index (κ3) is 6.56. The number of alkyl halides is 1. The molecule has 0 saturated carbocycles. The number of hydrogen-bond acceptors (Lipinski definition) is 3. The molecule has 7 heteroatoms. The van der Waals surface area contributed by atoms with Gasteiger partial charge in [-0.1, -0.05) is 41.5 Å². The Labute approximate surface area is 154 Å². The van der Waals surface area contributed by atoms with Crippen LogP contribution < -0.4 is 0 Å². The maximum Gasteiger partial charge on any atom is 0.253 e. The van der Waals surface area contributed by atoms with Crippen LogP contribution in [0.15, 0.2) is 0 Å². The molecule has 0 aliphatic heterocycles. The van der Waals surface area contributed by atoms with Crippen molar-refractivity contribution in [1.29, 1.82) is 0 Å². The Hall–Kier alpha value is 0.821. The topological polar surface area (TPSA) is 27.7 Å². The number of halogens is 1. The molecule has 0 aromatic rings. The van der Waals surface area contributed by atoms with E-state index in [-0.39, 0.29) is 0 Å². The molecule has 0 fully saturated rings. The van der Waals surface area contributed by atoms with E-state index in [4.69, 9.17) is 24.9 Å². The highest BCUT2D eigenvalue weighted by atomic mass is 35.5. The lowest BCUT2D eigenvalue weighted by atomic mass is 10.3. The molecule has 0 aliphatic rings. The first-order chi connectivity index (χ1) is 10.9. The van der Waals surface area contributed by atoms with Gasteiger partial charge in [-0.15, -0.1) is 11.6 Å². The minimum Gasteiger partial charge on any atom is -0.382 e. The second-order valence-electron chi connectivity index (χ2n) is 6.37. The molecule has 0 spiro atoms. The Balaban J connectivity index is 5.61. The van der Waals surface area contributed by atoms with Crippen molar-refractivity contribution in [2.45, 2.75) is 96.6 Å². The van der Waals surface area contributed by atoms with Gasteiger partial charge in [0.1, 0.15) is 0 Å². The first kappa shape index (κ1) is 23.8. The average molecular weight is 399 g/mol. The fourth-order valence-electron chi connectivity index (χ4n) is 3.18. The van der Waals surface area contributed by atoms with Crippen LogP contribution in [0.1, 0.15) is 54.4 Å². The highest BCUT2D eigenvalue weighted by Crippen LogP contribution is 2.37. The highest BCUT2D eigenvalue weighted by molar-refractivity contribution is 6.74. The van der Waals surface area contributed by atoms with Crippen molar-refractivity contribution < 1.29 is 13.3 Å². The van der Waals surface area contributed by atoms with Crippen LogP contribution in [0.5, 0.6) is 0 Å². The molecule has 3 nitrogen and oxygen atoms in total. The van der Waals surface area contributed by atoms with Gasteiger partial charge in [0.2, 0.25) is 0 Å². The molecule has 140 valence electrons. The summed E-state index contributed by atoms with van der Waals surface area (Å²) >= 11 is 5.98. The summed E-state index contributed by atoms with van der Waals surface area (Å²) in [5.74, 6) is -0.207. The van der Waals surface area contributed by atoms with Crippen LogP contribution in [0.4, 0.5) is 0 Å². The van der Waals surface area contributed by atoms with Gasteiger partial charge in [0, 0.05) is 12.3 Å². The molecule has 0 atom stereocenters. The Kier molecular flexibility index (Phi) is 11.8. The Morgan fingerprint density at radius 2 is 1.13 bits per heavy atom. The summed E-state index contributed by atoms with van der Waals surface area (Å²) in [5, 5.41) is 0. The van der Waals surface area contributed by atoms with Gasteiger partial charge in [-0.25, -0.2) is 0 Å². The highest BCUT2D eigenvalue weighted by Gasteiger charge is 2.46. The molecule has 0 radical (unpaired) electrons. The zero-order valence-electron chi connectivity index (χ0n) is 16.5. The van der Waals surface area contributed by atoms with E-state index in [0.29, 0.717) is 16.4 Å². The minimum absolute atomic E-state index is 0.616. The molecule has 23 heavy (non-hydrogen) atoms. The summed E-state index contributed by atoms with van der Waals surface area (Å²) in [6.07, 6.45) is 1.62. The van der Waals surface area contributed by atoms with Gasteiger partial charge in [-0.05, 0) is 42.7 Å². The second kappa shape index (κ2) is 11.4. The quantitative estimate of drug-likeness (QED) is 0.234. The van der Waals surface area contributed by atoms with Crippen molar-refractivity contribution in [2.75, 3.05) is 5.88 Å². The molecule has 0 aromatic heterocycles. The first-order valence-electron chi connectivity index (χ1n) is 9.41. The van der Waals surface area contributed by atoms with Crippen LogP contribution in [0.2, 0.25) is 36.3 Å². The normalized spacial score (nSPS) is 13.7. The number of hydrogen-bond donors (Lipinski definition) is 0. The summed E-state index contributed by atoms with van der Waals surface area (Å²) < 4.78 is 19.6. The molecule has 0 unspecified atom stereocenters. The van der Waals surface area contributed by atoms with Gasteiger partial charge in [-0.2, -0.15) is 0 Å². The van der Waals surface area contributed by atoms with Gasteiger partial charge in [-0.3, -0.25) is 0 Å². The molecular formula is C16H39ClO3Si3. The van der Waals surface area contributed by atoms with E-state index < -0.39 is 22.6 Å². The van der Waals surface area contributed by atoms with Crippen molar-refractivity contribution in [2.24, 2.45) is 0 Å². The molecule has 0 aromatic carbocycles. The fourth-order valence-corrected chi connectivity index (χ4v) is 9.75. The SMILES string of the molecule is CC[Si](CC)(CC)OC(CCCCl)(O[SiH3])O[Si](CC)(CC)CC. The van der Waals surface area contributed by atoms with Crippen molar-refractivity contribution in [1.82, 2.24) is 0 Å². The molecule has 0 bridgehead atoms. The molecule has 0 N–H and O–H groups in total. The Morgan fingerprint density at radius 3 is 1.35 bits per heavy atom. The fraction of sp³-hybridized carbons (Fsp3) is 1.00. The van der Waals surface area contributed by atoms with E-state index >= 15 is 0 Å². The first-order valence-corrected chi connectivity index (χ1v) is 15.8. The van der Waals surface area contributed by atoms with Crippen molar-refractivity contribution in [3.63, 3.8) is 0 Å². The van der Waals surface area contributed by atoms with Crippen molar-refractivity contribution in [3.05, 3.63) is 0 Å². The maximum atomic E-state index is 6.79. The van der Waals surface area contributed by atoms with Crippen molar-refractivity contribution >= 4 is 38.7 Å². The van der Waals surface area contributed by atoms with E-state index in [2.05, 4.69) is 41.5 Å². The van der Waals surface area contributed by atoms with E-state index in [1.165, 1.54) is 0 Å². The summed E-state index contributed by atoms with van der Waals surface area (Å²) in [5.41, 5.74) is 0. The van der Waals surface area contributed by atoms with Gasteiger partial charge < -0.3 is 13.3 Å². The second-order valence-corrected chi connectivity index (χ2v) is 16.5. The molecule has 0 amide bonds. The largest absolute Gasteiger partial charge is 0.382 e. The smallest absolute Gasteiger partial charge is 0.253 e. The van der Waals surface area contributed by atoms with E-state index in [1.54, 1.807) is 0 Å². The average Bonchev–Trinajstić information content (AvgIpc) is 2.62. The van der Waals surface area contributed by atoms with Gasteiger partial charge in [0.15, 0.2) is 27.1 Å². The molecule has 0 rings (SSSR count). The minimum atomic E-state index is -1.81. The lowest BCUT2D eigenvalue weighted by Crippen LogP contribution is -2.56. The summed E-state index contributed by atoms with van der Waals surface area (Å²) in [7, 11) is -3.00. The summed E-state index contributed by atoms with van der Waals surface area (Å²) in [4.78, 5) is 0. The van der Waals surface area contributed by atoms with E-state index in [0.717, 1.165) is 49.1 Å². The van der Waals surface area contributed by atoms with Crippen LogP contribution >= 0.6 is 11.6 Å². The third-order valence-electron chi connectivity index (χ3n) is 5.54. The lowest BCUT2D eigenvalue weighted by molar-refractivity contribution is -0.269. The van der Waals surface area contributed by atoms with Crippen LogP contribution in [-0.2, 0) is 13.3 Å².